The van der Waals surface area contributed by atoms with E-state index in [-0.39, 0.29) is 11.8 Å². The molecule has 134 valence electrons. The normalized spacial score (nSPS) is 15.3. The van der Waals surface area contributed by atoms with Crippen molar-refractivity contribution in [2.75, 3.05) is 13.1 Å². The van der Waals surface area contributed by atoms with Gasteiger partial charge in [-0.2, -0.15) is 4.98 Å². The summed E-state index contributed by atoms with van der Waals surface area (Å²) >= 11 is 1.63. The van der Waals surface area contributed by atoms with Crippen LogP contribution in [-0.4, -0.2) is 34.0 Å². The number of likely N-dealkylation sites (tertiary alicyclic amines) is 1. The van der Waals surface area contributed by atoms with Crippen LogP contribution in [0.1, 0.15) is 35.1 Å². The van der Waals surface area contributed by atoms with Crippen LogP contribution in [0.3, 0.4) is 0 Å². The van der Waals surface area contributed by atoms with Gasteiger partial charge in [0.05, 0.1) is 6.42 Å². The minimum absolute atomic E-state index is 0.205. The molecule has 0 radical (unpaired) electrons. The van der Waals surface area contributed by atoms with Crippen molar-refractivity contribution >= 4 is 17.2 Å². The third kappa shape index (κ3) is 3.70. The van der Waals surface area contributed by atoms with Crippen LogP contribution in [0.2, 0.25) is 0 Å². The number of rotatable bonds is 4. The molecule has 0 atom stereocenters. The Morgan fingerprint density at radius 1 is 1.23 bits per heavy atom. The molecule has 1 amide bonds. The van der Waals surface area contributed by atoms with Crippen molar-refractivity contribution in [2.24, 2.45) is 0 Å². The summed E-state index contributed by atoms with van der Waals surface area (Å²) < 4.78 is 5.51. The number of hydrogen-bond donors (Lipinski definition) is 0. The zero-order valence-electron chi connectivity index (χ0n) is 14.7. The Labute approximate surface area is 156 Å². The number of piperidine rings is 1. The number of carbonyl (C=O) groups excluding carboxylic acids is 1. The minimum atomic E-state index is 0.205. The fourth-order valence-corrected chi connectivity index (χ4v) is 3.97. The highest BCUT2D eigenvalue weighted by Gasteiger charge is 2.27. The lowest BCUT2D eigenvalue weighted by atomic mass is 9.96. The van der Waals surface area contributed by atoms with Gasteiger partial charge in [-0.15, -0.1) is 11.3 Å². The third-order valence-electron chi connectivity index (χ3n) is 4.85. The van der Waals surface area contributed by atoms with Gasteiger partial charge < -0.3 is 9.42 Å². The summed E-state index contributed by atoms with van der Waals surface area (Å²) in [7, 11) is 0. The van der Waals surface area contributed by atoms with E-state index < -0.39 is 0 Å². The molecule has 3 heterocycles. The highest BCUT2D eigenvalue weighted by atomic mass is 32.1. The largest absolute Gasteiger partial charge is 0.342 e. The second-order valence-electron chi connectivity index (χ2n) is 6.73. The molecule has 1 aliphatic rings. The quantitative estimate of drug-likeness (QED) is 0.698. The average molecular weight is 367 g/mol. The predicted molar refractivity (Wildman–Crippen MR) is 101 cm³/mol. The Kier molecular flexibility index (Phi) is 4.84. The van der Waals surface area contributed by atoms with Crippen LogP contribution in [-0.2, 0) is 11.2 Å². The van der Waals surface area contributed by atoms with Gasteiger partial charge in [0.15, 0.2) is 0 Å². The molecule has 0 aliphatic carbocycles. The molecule has 2 aromatic heterocycles. The molecule has 3 aromatic rings. The van der Waals surface area contributed by atoms with Crippen molar-refractivity contribution < 1.29 is 9.32 Å². The lowest BCUT2D eigenvalue weighted by Gasteiger charge is -2.30. The maximum absolute atomic E-state index is 12.4. The molecule has 0 bridgehead atoms. The van der Waals surface area contributed by atoms with Gasteiger partial charge in [-0.3, -0.25) is 4.79 Å². The molecule has 1 saturated heterocycles. The molecule has 0 N–H and O–H groups in total. The van der Waals surface area contributed by atoms with E-state index in [4.69, 9.17) is 4.52 Å². The SMILES string of the molecule is Cc1ccc(-c2noc(C3CCN(C(=O)Cc4cccs4)CC3)n2)cc1. The standard InChI is InChI=1S/C20H21N3O2S/c1-14-4-6-15(7-5-14)19-21-20(25-22-19)16-8-10-23(11-9-16)18(24)13-17-3-2-12-26-17/h2-7,12,16H,8-11,13H2,1H3. The van der Waals surface area contributed by atoms with Gasteiger partial charge in [0, 0.05) is 29.4 Å². The van der Waals surface area contributed by atoms with Gasteiger partial charge in [0.2, 0.25) is 17.6 Å². The van der Waals surface area contributed by atoms with Crippen molar-refractivity contribution in [3.05, 3.63) is 58.1 Å². The number of aromatic nitrogens is 2. The van der Waals surface area contributed by atoms with Crippen molar-refractivity contribution in [1.29, 1.82) is 0 Å². The molecule has 1 fully saturated rings. The Hall–Kier alpha value is -2.47. The smallest absolute Gasteiger partial charge is 0.230 e. The molecule has 4 rings (SSSR count). The van der Waals surface area contributed by atoms with Crippen LogP contribution in [0.4, 0.5) is 0 Å². The highest BCUT2D eigenvalue weighted by Crippen LogP contribution is 2.29. The van der Waals surface area contributed by atoms with E-state index in [2.05, 4.69) is 17.1 Å². The van der Waals surface area contributed by atoms with E-state index in [1.165, 1.54) is 5.56 Å². The van der Waals surface area contributed by atoms with Gasteiger partial charge in [0.1, 0.15) is 0 Å². The number of aryl methyl sites for hydroxylation is 1. The molecular weight excluding hydrogens is 346 g/mol. The third-order valence-corrected chi connectivity index (χ3v) is 5.73. The predicted octanol–water partition coefficient (Wildman–Crippen LogP) is 4.06. The molecule has 26 heavy (non-hydrogen) atoms. The first-order valence-corrected chi connectivity index (χ1v) is 9.78. The van der Waals surface area contributed by atoms with E-state index in [0.717, 1.165) is 36.4 Å². The Morgan fingerprint density at radius 3 is 2.69 bits per heavy atom. The number of amides is 1. The number of benzene rings is 1. The first-order valence-electron chi connectivity index (χ1n) is 8.90. The molecule has 1 aromatic carbocycles. The first-order chi connectivity index (χ1) is 12.7. The second kappa shape index (κ2) is 7.41. The van der Waals surface area contributed by atoms with E-state index in [0.29, 0.717) is 18.1 Å². The summed E-state index contributed by atoms with van der Waals surface area (Å²) in [6.45, 7) is 3.55. The second-order valence-corrected chi connectivity index (χ2v) is 7.77. The maximum atomic E-state index is 12.4. The Bertz CT molecular complexity index is 863. The lowest BCUT2D eigenvalue weighted by molar-refractivity contribution is -0.131. The maximum Gasteiger partial charge on any atom is 0.230 e. The van der Waals surface area contributed by atoms with Crippen molar-refractivity contribution in [2.45, 2.75) is 32.1 Å². The molecule has 0 spiro atoms. The van der Waals surface area contributed by atoms with Crippen LogP contribution in [0.15, 0.2) is 46.3 Å². The topological polar surface area (TPSA) is 59.2 Å². The highest BCUT2D eigenvalue weighted by molar-refractivity contribution is 7.10. The molecule has 0 saturated carbocycles. The summed E-state index contributed by atoms with van der Waals surface area (Å²) in [6, 6.07) is 12.1. The molecule has 0 unspecified atom stereocenters. The average Bonchev–Trinajstić information content (AvgIpc) is 3.34. The zero-order chi connectivity index (χ0) is 17.9. The number of thiophene rings is 1. The van der Waals surface area contributed by atoms with Gasteiger partial charge in [-0.05, 0) is 31.2 Å². The number of carbonyl (C=O) groups is 1. The van der Waals surface area contributed by atoms with Gasteiger partial charge in [-0.25, -0.2) is 0 Å². The summed E-state index contributed by atoms with van der Waals surface area (Å²) in [5.41, 5.74) is 2.17. The number of nitrogens with zero attached hydrogens (tertiary/aromatic N) is 3. The monoisotopic (exact) mass is 367 g/mol. The van der Waals surface area contributed by atoms with E-state index in [1.807, 2.05) is 46.7 Å². The van der Waals surface area contributed by atoms with E-state index in [9.17, 15) is 4.79 Å². The van der Waals surface area contributed by atoms with Gasteiger partial charge in [0.25, 0.3) is 0 Å². The van der Waals surface area contributed by atoms with Crippen molar-refractivity contribution in [3.8, 4) is 11.4 Å². The Morgan fingerprint density at radius 2 is 2.00 bits per heavy atom. The van der Waals surface area contributed by atoms with Crippen LogP contribution < -0.4 is 0 Å². The molecular formula is C20H21N3O2S. The Balaban J connectivity index is 1.36. The summed E-state index contributed by atoms with van der Waals surface area (Å²) in [5.74, 6) is 1.76. The summed E-state index contributed by atoms with van der Waals surface area (Å²) in [6.07, 6.45) is 2.23. The molecule has 5 nitrogen and oxygen atoms in total. The first kappa shape index (κ1) is 17.0. The minimum Gasteiger partial charge on any atom is -0.342 e. The van der Waals surface area contributed by atoms with Crippen LogP contribution in [0.25, 0.3) is 11.4 Å². The fourth-order valence-electron chi connectivity index (χ4n) is 3.27. The number of hydrogen-bond acceptors (Lipinski definition) is 5. The van der Waals surface area contributed by atoms with Crippen LogP contribution in [0.5, 0.6) is 0 Å². The van der Waals surface area contributed by atoms with Crippen LogP contribution in [0, 0.1) is 6.92 Å². The molecule has 1 aliphatic heterocycles. The van der Waals surface area contributed by atoms with Crippen molar-refractivity contribution in [1.82, 2.24) is 15.0 Å². The summed E-state index contributed by atoms with van der Waals surface area (Å²) in [4.78, 5) is 20.1. The van der Waals surface area contributed by atoms with Crippen molar-refractivity contribution in [3.63, 3.8) is 0 Å². The van der Waals surface area contributed by atoms with Gasteiger partial charge in [-0.1, -0.05) is 41.1 Å². The van der Waals surface area contributed by atoms with Gasteiger partial charge >= 0.3 is 0 Å². The van der Waals surface area contributed by atoms with E-state index >= 15 is 0 Å². The summed E-state index contributed by atoms with van der Waals surface area (Å²) in [5, 5.41) is 6.14. The lowest BCUT2D eigenvalue weighted by Crippen LogP contribution is -2.38. The fraction of sp³-hybridized carbons (Fsp3) is 0.350. The van der Waals surface area contributed by atoms with Crippen LogP contribution >= 0.6 is 11.3 Å². The zero-order valence-corrected chi connectivity index (χ0v) is 15.5. The van der Waals surface area contributed by atoms with E-state index in [1.54, 1.807) is 11.3 Å². The molecule has 6 heteroatoms.